The maximum Gasteiger partial charge on any atom is 0.293 e. The van der Waals surface area contributed by atoms with Crippen LogP contribution in [0, 0.1) is 0 Å². The van der Waals surface area contributed by atoms with E-state index in [1.54, 1.807) is 17.0 Å². The van der Waals surface area contributed by atoms with Crippen molar-refractivity contribution in [3.63, 3.8) is 0 Å². The third-order valence-electron chi connectivity index (χ3n) is 3.02. The highest BCUT2D eigenvalue weighted by Crippen LogP contribution is 2.12. The fourth-order valence-electron chi connectivity index (χ4n) is 1.98. The number of piperidine rings is 1. The zero-order valence-electron chi connectivity index (χ0n) is 9.83. The second-order valence-corrected chi connectivity index (χ2v) is 4.00. The first-order valence-corrected chi connectivity index (χ1v) is 5.76. The first-order valence-electron chi connectivity index (χ1n) is 5.76. The molecule has 0 spiro atoms. The fraction of sp³-hybridized carbons (Fsp3) is 0.545. The topological polar surface area (TPSA) is 70.7 Å². The predicted molar refractivity (Wildman–Crippen MR) is 64.8 cm³/mol. The lowest BCUT2D eigenvalue weighted by molar-refractivity contribution is 0.315. The average Bonchev–Trinajstić information content (AvgIpc) is 2.39. The molecule has 0 saturated carbocycles. The van der Waals surface area contributed by atoms with Gasteiger partial charge in [0, 0.05) is 44.9 Å². The Kier molecular flexibility index (Phi) is 3.41. The van der Waals surface area contributed by atoms with Crippen molar-refractivity contribution in [1.29, 1.82) is 0 Å². The highest BCUT2D eigenvalue weighted by molar-refractivity contribution is 5.85. The van der Waals surface area contributed by atoms with Crippen LogP contribution in [0.2, 0.25) is 0 Å². The molecule has 0 aromatic carbocycles. The molecule has 1 aromatic heterocycles. The first-order chi connectivity index (χ1) is 8.26. The zero-order chi connectivity index (χ0) is 12.3. The molecule has 1 aromatic rings. The zero-order valence-corrected chi connectivity index (χ0v) is 9.83. The first kappa shape index (κ1) is 11.6. The van der Waals surface area contributed by atoms with Gasteiger partial charge in [0.1, 0.15) is 0 Å². The van der Waals surface area contributed by atoms with Gasteiger partial charge in [-0.1, -0.05) is 5.16 Å². The van der Waals surface area contributed by atoms with Crippen molar-refractivity contribution in [3.8, 4) is 0 Å². The number of nitrogens with zero attached hydrogens (tertiary/aromatic N) is 4. The van der Waals surface area contributed by atoms with Crippen molar-refractivity contribution in [2.75, 3.05) is 18.0 Å². The summed E-state index contributed by atoms with van der Waals surface area (Å²) in [7, 11) is 0. The molecule has 0 aliphatic carbocycles. The van der Waals surface area contributed by atoms with Crippen LogP contribution in [0.1, 0.15) is 19.8 Å². The largest absolute Gasteiger partial charge is 0.411 e. The molecule has 1 N–H and O–H groups in total. The molecule has 6 heteroatoms. The van der Waals surface area contributed by atoms with E-state index >= 15 is 0 Å². The molecule has 0 radical (unpaired) electrons. The molecular formula is C11H16N4O2. The molecule has 1 aliphatic rings. The molecule has 0 unspecified atom stereocenters. The van der Waals surface area contributed by atoms with Crippen molar-refractivity contribution >= 4 is 11.5 Å². The van der Waals surface area contributed by atoms with E-state index in [1.165, 1.54) is 0 Å². The van der Waals surface area contributed by atoms with Gasteiger partial charge in [0.2, 0.25) is 0 Å². The normalized spacial score (nSPS) is 16.1. The smallest absolute Gasteiger partial charge is 0.293 e. The van der Waals surface area contributed by atoms with Crippen molar-refractivity contribution in [2.45, 2.75) is 26.3 Å². The second kappa shape index (κ2) is 4.99. The molecule has 2 heterocycles. The summed E-state index contributed by atoms with van der Waals surface area (Å²) in [5, 5.41) is 11.9. The highest BCUT2D eigenvalue weighted by Gasteiger charge is 2.19. The SMILES string of the molecule is CCn1ccnc(N2CCC(=NO)CC2)c1=O. The molecule has 2 rings (SSSR count). The lowest BCUT2D eigenvalue weighted by Crippen LogP contribution is -2.39. The Bertz CT molecular complexity index is 471. The van der Waals surface area contributed by atoms with Crippen molar-refractivity contribution in [1.82, 2.24) is 9.55 Å². The Balaban J connectivity index is 2.22. The summed E-state index contributed by atoms with van der Waals surface area (Å²) in [5.74, 6) is 0.492. The molecule has 1 saturated heterocycles. The van der Waals surface area contributed by atoms with Crippen LogP contribution in [-0.2, 0) is 6.54 Å². The molecule has 1 fully saturated rings. The summed E-state index contributed by atoms with van der Waals surface area (Å²) >= 11 is 0. The number of anilines is 1. The van der Waals surface area contributed by atoms with E-state index in [9.17, 15) is 4.79 Å². The van der Waals surface area contributed by atoms with Crippen LogP contribution in [-0.4, -0.2) is 33.6 Å². The monoisotopic (exact) mass is 236 g/mol. The summed E-state index contributed by atoms with van der Waals surface area (Å²) in [5.41, 5.74) is 0.729. The van der Waals surface area contributed by atoms with Gasteiger partial charge < -0.3 is 14.7 Å². The van der Waals surface area contributed by atoms with Crippen LogP contribution >= 0.6 is 0 Å². The number of aryl methyl sites for hydroxylation is 1. The summed E-state index contributed by atoms with van der Waals surface area (Å²) in [6, 6.07) is 0. The van der Waals surface area contributed by atoms with Gasteiger partial charge in [-0.15, -0.1) is 0 Å². The molecule has 0 atom stereocenters. The van der Waals surface area contributed by atoms with Crippen molar-refractivity contribution in [3.05, 3.63) is 22.7 Å². The van der Waals surface area contributed by atoms with E-state index in [0.29, 0.717) is 38.3 Å². The van der Waals surface area contributed by atoms with Crippen LogP contribution in [0.5, 0.6) is 0 Å². The molecule has 1 aliphatic heterocycles. The number of aromatic nitrogens is 2. The van der Waals surface area contributed by atoms with E-state index in [2.05, 4.69) is 10.1 Å². The molecule has 0 bridgehead atoms. The molecule has 0 amide bonds. The van der Waals surface area contributed by atoms with Crippen LogP contribution in [0.4, 0.5) is 5.82 Å². The summed E-state index contributed by atoms with van der Waals surface area (Å²) < 4.78 is 1.64. The number of hydrogen-bond acceptors (Lipinski definition) is 5. The van der Waals surface area contributed by atoms with E-state index in [4.69, 9.17) is 5.21 Å². The predicted octanol–water partition coefficient (Wildman–Crippen LogP) is 0.694. The minimum absolute atomic E-state index is 0.0561. The Hall–Kier alpha value is -1.85. The third kappa shape index (κ3) is 2.30. The van der Waals surface area contributed by atoms with Gasteiger partial charge in [0.05, 0.1) is 5.71 Å². The van der Waals surface area contributed by atoms with E-state index in [1.807, 2.05) is 11.8 Å². The van der Waals surface area contributed by atoms with Gasteiger partial charge in [-0.05, 0) is 6.92 Å². The summed E-state index contributed by atoms with van der Waals surface area (Å²) in [4.78, 5) is 18.1. The number of oxime groups is 1. The van der Waals surface area contributed by atoms with Gasteiger partial charge in [-0.2, -0.15) is 0 Å². The Morgan fingerprint density at radius 3 is 2.76 bits per heavy atom. The Morgan fingerprint density at radius 1 is 1.47 bits per heavy atom. The molecule has 92 valence electrons. The average molecular weight is 236 g/mol. The lowest BCUT2D eigenvalue weighted by atomic mass is 10.1. The van der Waals surface area contributed by atoms with Gasteiger partial charge in [0.25, 0.3) is 5.56 Å². The van der Waals surface area contributed by atoms with Gasteiger partial charge >= 0.3 is 0 Å². The minimum Gasteiger partial charge on any atom is -0.411 e. The van der Waals surface area contributed by atoms with Gasteiger partial charge in [-0.25, -0.2) is 4.98 Å². The highest BCUT2D eigenvalue weighted by atomic mass is 16.4. The summed E-state index contributed by atoms with van der Waals surface area (Å²) in [6.07, 6.45) is 4.70. The minimum atomic E-state index is -0.0561. The number of rotatable bonds is 2. The van der Waals surface area contributed by atoms with E-state index in [-0.39, 0.29) is 5.56 Å². The molecular weight excluding hydrogens is 220 g/mol. The Morgan fingerprint density at radius 2 is 2.18 bits per heavy atom. The molecule has 6 nitrogen and oxygen atoms in total. The van der Waals surface area contributed by atoms with Gasteiger partial charge in [-0.3, -0.25) is 4.79 Å². The van der Waals surface area contributed by atoms with Crippen LogP contribution in [0.15, 0.2) is 22.3 Å². The Labute approximate surface area is 99.2 Å². The second-order valence-electron chi connectivity index (χ2n) is 4.00. The van der Waals surface area contributed by atoms with Crippen LogP contribution < -0.4 is 10.5 Å². The van der Waals surface area contributed by atoms with E-state index in [0.717, 1.165) is 5.71 Å². The maximum absolute atomic E-state index is 12.0. The van der Waals surface area contributed by atoms with E-state index < -0.39 is 0 Å². The van der Waals surface area contributed by atoms with Crippen molar-refractivity contribution < 1.29 is 5.21 Å². The van der Waals surface area contributed by atoms with Crippen LogP contribution in [0.3, 0.4) is 0 Å². The third-order valence-corrected chi connectivity index (χ3v) is 3.02. The van der Waals surface area contributed by atoms with Crippen LogP contribution in [0.25, 0.3) is 0 Å². The maximum atomic E-state index is 12.0. The summed E-state index contributed by atoms with van der Waals surface area (Å²) in [6.45, 7) is 3.92. The fourth-order valence-corrected chi connectivity index (χ4v) is 1.98. The quantitative estimate of drug-likeness (QED) is 0.606. The van der Waals surface area contributed by atoms with Gasteiger partial charge in [0.15, 0.2) is 5.82 Å². The number of hydrogen-bond donors (Lipinski definition) is 1. The standard InChI is InChI=1S/C11H16N4O2/c1-2-14-8-5-12-10(11(14)16)15-6-3-9(13-17)4-7-15/h5,8,17H,2-4,6-7H2,1H3. The lowest BCUT2D eigenvalue weighted by Gasteiger charge is -2.27. The van der Waals surface area contributed by atoms with Crippen molar-refractivity contribution in [2.24, 2.45) is 5.16 Å². The molecule has 17 heavy (non-hydrogen) atoms.